The summed E-state index contributed by atoms with van der Waals surface area (Å²) >= 11 is 0. The van der Waals surface area contributed by atoms with Gasteiger partial charge in [0.2, 0.25) is 0 Å². The Morgan fingerprint density at radius 1 is 1.12 bits per heavy atom. The van der Waals surface area contributed by atoms with Gasteiger partial charge in [0, 0.05) is 6.04 Å². The molecule has 0 aliphatic heterocycles. The number of nitrogens with two attached hydrogens (primary N) is 1. The minimum Gasteiger partial charge on any atom is -0.271 e. The van der Waals surface area contributed by atoms with E-state index in [0.717, 1.165) is 6.42 Å². The number of benzene rings is 1. The van der Waals surface area contributed by atoms with Gasteiger partial charge in [-0.3, -0.25) is 11.3 Å². The van der Waals surface area contributed by atoms with Crippen LogP contribution in [-0.2, 0) is 0 Å². The van der Waals surface area contributed by atoms with Crippen LogP contribution in [0.15, 0.2) is 12.1 Å². The monoisotopic (exact) mass is 234 g/mol. The lowest BCUT2D eigenvalue weighted by atomic mass is 9.90. The maximum absolute atomic E-state index is 5.71. The van der Waals surface area contributed by atoms with E-state index in [9.17, 15) is 0 Å². The Labute approximate surface area is 106 Å². The molecule has 17 heavy (non-hydrogen) atoms. The van der Waals surface area contributed by atoms with E-state index >= 15 is 0 Å². The number of hydrogen-bond donors (Lipinski definition) is 2. The molecule has 2 nitrogen and oxygen atoms in total. The Hall–Kier alpha value is -0.860. The molecular weight excluding hydrogens is 208 g/mol. The fourth-order valence-electron chi connectivity index (χ4n) is 2.21. The molecule has 0 bridgehead atoms. The van der Waals surface area contributed by atoms with Crippen LogP contribution < -0.4 is 11.3 Å². The molecule has 0 fully saturated rings. The van der Waals surface area contributed by atoms with E-state index < -0.39 is 0 Å². The Bertz CT molecular complexity index is 371. The van der Waals surface area contributed by atoms with Crippen molar-refractivity contribution in [1.82, 2.24) is 5.43 Å². The van der Waals surface area contributed by atoms with Crippen LogP contribution in [0, 0.1) is 26.7 Å². The molecule has 2 heteroatoms. The second-order valence-corrected chi connectivity index (χ2v) is 5.26. The zero-order valence-corrected chi connectivity index (χ0v) is 11.8. The highest BCUT2D eigenvalue weighted by Crippen LogP contribution is 2.27. The third-order valence-electron chi connectivity index (χ3n) is 3.79. The predicted molar refractivity (Wildman–Crippen MR) is 74.8 cm³/mol. The van der Waals surface area contributed by atoms with E-state index in [1.54, 1.807) is 0 Å². The van der Waals surface area contributed by atoms with Crippen molar-refractivity contribution in [2.24, 2.45) is 11.8 Å². The van der Waals surface area contributed by atoms with Crippen molar-refractivity contribution in [3.8, 4) is 0 Å². The van der Waals surface area contributed by atoms with Gasteiger partial charge in [-0.25, -0.2) is 0 Å². The third kappa shape index (κ3) is 3.55. The zero-order valence-electron chi connectivity index (χ0n) is 11.8. The first-order chi connectivity index (χ1) is 7.99. The summed E-state index contributed by atoms with van der Waals surface area (Å²) in [6.07, 6.45) is 2.29. The fourth-order valence-corrected chi connectivity index (χ4v) is 2.21. The molecule has 96 valence electrons. The highest BCUT2D eigenvalue weighted by atomic mass is 15.2. The molecular formula is C15H26N2. The van der Waals surface area contributed by atoms with Crippen LogP contribution in [0.1, 0.15) is 55.0 Å². The smallest absolute Gasteiger partial charge is 0.0465 e. The second-order valence-electron chi connectivity index (χ2n) is 5.26. The van der Waals surface area contributed by atoms with Crippen LogP contribution in [0.5, 0.6) is 0 Å². The van der Waals surface area contributed by atoms with Crippen molar-refractivity contribution in [3.05, 3.63) is 34.4 Å². The number of hydrazine groups is 1. The van der Waals surface area contributed by atoms with E-state index in [0.29, 0.717) is 5.92 Å². The Morgan fingerprint density at radius 3 is 2.24 bits per heavy atom. The van der Waals surface area contributed by atoms with Crippen molar-refractivity contribution in [3.63, 3.8) is 0 Å². The topological polar surface area (TPSA) is 38.0 Å². The largest absolute Gasteiger partial charge is 0.271 e. The minimum absolute atomic E-state index is 0.268. The lowest BCUT2D eigenvalue weighted by Gasteiger charge is -2.22. The first-order valence-corrected chi connectivity index (χ1v) is 6.53. The summed E-state index contributed by atoms with van der Waals surface area (Å²) in [4.78, 5) is 0. The molecule has 0 amide bonds. The zero-order chi connectivity index (χ0) is 13.0. The summed E-state index contributed by atoms with van der Waals surface area (Å²) in [5, 5.41) is 0. The molecule has 1 aromatic rings. The summed E-state index contributed by atoms with van der Waals surface area (Å²) in [6, 6.07) is 4.80. The number of nitrogens with one attached hydrogen (secondary N) is 1. The maximum atomic E-state index is 5.71. The van der Waals surface area contributed by atoms with Crippen LogP contribution in [0.3, 0.4) is 0 Å². The van der Waals surface area contributed by atoms with Crippen LogP contribution in [0.4, 0.5) is 0 Å². The molecule has 0 spiro atoms. The molecule has 0 radical (unpaired) electrons. The molecule has 0 aliphatic carbocycles. The summed E-state index contributed by atoms with van der Waals surface area (Å²) in [5.41, 5.74) is 8.34. The summed E-state index contributed by atoms with van der Waals surface area (Å²) in [6.45, 7) is 11.0. The standard InChI is InChI=1S/C15H26N2/c1-6-10(2)7-15(17-16)14-9-12(4)11(3)8-13(14)5/h8-10,15,17H,6-7,16H2,1-5H3. The van der Waals surface area contributed by atoms with Gasteiger partial charge >= 0.3 is 0 Å². The van der Waals surface area contributed by atoms with Gasteiger partial charge in [0.15, 0.2) is 0 Å². The molecule has 0 saturated heterocycles. The van der Waals surface area contributed by atoms with Crippen molar-refractivity contribution < 1.29 is 0 Å². The van der Waals surface area contributed by atoms with Crippen molar-refractivity contribution in [1.29, 1.82) is 0 Å². The quantitative estimate of drug-likeness (QED) is 0.604. The molecule has 2 atom stereocenters. The van der Waals surface area contributed by atoms with Gasteiger partial charge in [-0.15, -0.1) is 0 Å². The first-order valence-electron chi connectivity index (χ1n) is 6.53. The van der Waals surface area contributed by atoms with E-state index in [2.05, 4.69) is 52.2 Å². The molecule has 2 unspecified atom stereocenters. The highest BCUT2D eigenvalue weighted by molar-refractivity contribution is 5.38. The Morgan fingerprint density at radius 2 is 1.71 bits per heavy atom. The van der Waals surface area contributed by atoms with Gasteiger partial charge in [0.05, 0.1) is 0 Å². The molecule has 0 aromatic heterocycles. The molecule has 0 saturated carbocycles. The lowest BCUT2D eigenvalue weighted by molar-refractivity contribution is 0.406. The van der Waals surface area contributed by atoms with Crippen LogP contribution >= 0.6 is 0 Å². The SMILES string of the molecule is CCC(C)CC(NN)c1cc(C)c(C)cc1C. The van der Waals surface area contributed by atoms with Crippen LogP contribution in [0.2, 0.25) is 0 Å². The first kappa shape index (κ1) is 14.2. The number of hydrogen-bond acceptors (Lipinski definition) is 2. The Balaban J connectivity index is 2.99. The van der Waals surface area contributed by atoms with Crippen molar-refractivity contribution >= 4 is 0 Å². The van der Waals surface area contributed by atoms with Crippen LogP contribution in [-0.4, -0.2) is 0 Å². The van der Waals surface area contributed by atoms with Gasteiger partial charge < -0.3 is 0 Å². The van der Waals surface area contributed by atoms with Gasteiger partial charge in [-0.1, -0.05) is 32.4 Å². The third-order valence-corrected chi connectivity index (χ3v) is 3.79. The van der Waals surface area contributed by atoms with E-state index in [1.807, 2.05) is 0 Å². The average molecular weight is 234 g/mol. The fraction of sp³-hybridized carbons (Fsp3) is 0.600. The van der Waals surface area contributed by atoms with E-state index in [4.69, 9.17) is 5.84 Å². The van der Waals surface area contributed by atoms with Gasteiger partial charge in [-0.05, 0) is 55.4 Å². The number of aryl methyl sites for hydroxylation is 3. The van der Waals surface area contributed by atoms with Gasteiger partial charge in [0.25, 0.3) is 0 Å². The Kier molecular flexibility index (Phi) is 5.16. The lowest BCUT2D eigenvalue weighted by Crippen LogP contribution is -2.30. The molecule has 1 rings (SSSR count). The van der Waals surface area contributed by atoms with Crippen molar-refractivity contribution in [2.75, 3.05) is 0 Å². The van der Waals surface area contributed by atoms with Crippen LogP contribution in [0.25, 0.3) is 0 Å². The normalized spacial score (nSPS) is 14.7. The molecule has 3 N–H and O–H groups in total. The summed E-state index contributed by atoms with van der Waals surface area (Å²) in [7, 11) is 0. The summed E-state index contributed by atoms with van der Waals surface area (Å²) in [5.74, 6) is 6.41. The molecule has 0 heterocycles. The highest BCUT2D eigenvalue weighted by Gasteiger charge is 2.15. The second kappa shape index (κ2) is 6.18. The number of rotatable bonds is 5. The minimum atomic E-state index is 0.268. The van der Waals surface area contributed by atoms with Gasteiger partial charge in [0.1, 0.15) is 0 Å². The predicted octanol–water partition coefficient (Wildman–Crippen LogP) is 3.55. The van der Waals surface area contributed by atoms with E-state index in [1.165, 1.54) is 28.7 Å². The molecule has 0 aliphatic rings. The molecule has 1 aromatic carbocycles. The van der Waals surface area contributed by atoms with Crippen molar-refractivity contribution in [2.45, 2.75) is 53.5 Å². The average Bonchev–Trinajstić information content (AvgIpc) is 2.30. The van der Waals surface area contributed by atoms with Gasteiger partial charge in [-0.2, -0.15) is 0 Å². The summed E-state index contributed by atoms with van der Waals surface area (Å²) < 4.78 is 0. The maximum Gasteiger partial charge on any atom is 0.0465 e. The van der Waals surface area contributed by atoms with E-state index in [-0.39, 0.29) is 6.04 Å².